The van der Waals surface area contributed by atoms with Crippen molar-refractivity contribution >= 4 is 43.2 Å². The van der Waals surface area contributed by atoms with E-state index in [9.17, 15) is 13.2 Å². The lowest BCUT2D eigenvalue weighted by Crippen LogP contribution is -2.27. The van der Waals surface area contributed by atoms with E-state index in [0.717, 1.165) is 22.5 Å². The van der Waals surface area contributed by atoms with Crippen molar-refractivity contribution in [2.24, 2.45) is 0 Å². The highest BCUT2D eigenvalue weighted by Gasteiger charge is 2.21. The molecule has 0 saturated carbocycles. The molecule has 0 spiro atoms. The third-order valence-corrected chi connectivity index (χ3v) is 8.69. The molecule has 0 unspecified atom stereocenters. The minimum atomic E-state index is -3.78. The SMILES string of the molecule is C[C@@H](NS(=O)(=O)c1ccc2c(c1)sc(=O)n2Cc1ccccc1Cl)c1ccc(C(C)(C)C)cc1. The summed E-state index contributed by atoms with van der Waals surface area (Å²) in [5.41, 5.74) is 3.61. The van der Waals surface area contributed by atoms with Crippen molar-refractivity contribution < 1.29 is 8.42 Å². The van der Waals surface area contributed by atoms with E-state index in [1.807, 2.05) is 49.4 Å². The predicted molar refractivity (Wildman–Crippen MR) is 141 cm³/mol. The van der Waals surface area contributed by atoms with Crippen LogP contribution in [-0.2, 0) is 22.0 Å². The molecular formula is C26H27ClN2O3S2. The van der Waals surface area contributed by atoms with Crippen LogP contribution >= 0.6 is 22.9 Å². The predicted octanol–water partition coefficient (Wildman–Crippen LogP) is 6.10. The van der Waals surface area contributed by atoms with Gasteiger partial charge in [0.1, 0.15) is 0 Å². The molecule has 0 bridgehead atoms. The van der Waals surface area contributed by atoms with Gasteiger partial charge in [-0.1, -0.05) is 86.2 Å². The van der Waals surface area contributed by atoms with Gasteiger partial charge in [-0.25, -0.2) is 13.1 Å². The molecule has 0 amide bonds. The summed E-state index contributed by atoms with van der Waals surface area (Å²) in [7, 11) is -3.78. The number of rotatable bonds is 6. The number of hydrogen-bond donors (Lipinski definition) is 1. The van der Waals surface area contributed by atoms with E-state index in [2.05, 4.69) is 25.5 Å². The van der Waals surface area contributed by atoms with Crippen LogP contribution in [0, 0.1) is 0 Å². The van der Waals surface area contributed by atoms with Crippen molar-refractivity contribution in [2.45, 2.75) is 50.6 Å². The van der Waals surface area contributed by atoms with Crippen LogP contribution in [0.1, 0.15) is 50.4 Å². The molecule has 0 aliphatic rings. The number of halogens is 1. The van der Waals surface area contributed by atoms with Crippen LogP contribution in [-0.4, -0.2) is 13.0 Å². The van der Waals surface area contributed by atoms with Gasteiger partial charge in [-0.15, -0.1) is 0 Å². The lowest BCUT2D eigenvalue weighted by Gasteiger charge is -2.20. The highest BCUT2D eigenvalue weighted by atomic mass is 35.5. The summed E-state index contributed by atoms with van der Waals surface area (Å²) in [6.45, 7) is 8.56. The summed E-state index contributed by atoms with van der Waals surface area (Å²) >= 11 is 7.29. The number of thiazole rings is 1. The van der Waals surface area contributed by atoms with Crippen molar-refractivity contribution in [2.75, 3.05) is 0 Å². The van der Waals surface area contributed by atoms with Crippen molar-refractivity contribution in [1.82, 2.24) is 9.29 Å². The van der Waals surface area contributed by atoms with Crippen LogP contribution in [0.15, 0.2) is 76.4 Å². The Morgan fingerprint density at radius 2 is 1.71 bits per heavy atom. The first kappa shape index (κ1) is 24.7. The van der Waals surface area contributed by atoms with Gasteiger partial charge in [0.2, 0.25) is 10.0 Å². The molecule has 178 valence electrons. The summed E-state index contributed by atoms with van der Waals surface area (Å²) in [5.74, 6) is 0. The smallest absolute Gasteiger partial charge is 0.294 e. The van der Waals surface area contributed by atoms with E-state index in [1.165, 1.54) is 11.6 Å². The standard InChI is InChI=1S/C26H27ClN2O3S2/c1-17(18-9-11-20(12-10-18)26(2,3)4)28-34(31,32)21-13-14-23-24(15-21)33-25(30)29(23)16-19-7-5-6-8-22(19)27/h5-15,17,28H,16H2,1-4H3/t17-/m1/s1. The van der Waals surface area contributed by atoms with Gasteiger partial charge in [0.15, 0.2) is 0 Å². The fourth-order valence-electron chi connectivity index (χ4n) is 3.80. The van der Waals surface area contributed by atoms with Gasteiger partial charge in [-0.3, -0.25) is 9.36 Å². The summed E-state index contributed by atoms with van der Waals surface area (Å²) in [5, 5.41) is 0.585. The van der Waals surface area contributed by atoms with Crippen molar-refractivity contribution in [3.05, 3.63) is 98.1 Å². The van der Waals surface area contributed by atoms with Gasteiger partial charge in [0, 0.05) is 11.1 Å². The second-order valence-corrected chi connectivity index (χ2v) is 12.5. The molecule has 4 aromatic rings. The minimum absolute atomic E-state index is 0.0283. The normalized spacial score (nSPS) is 13.3. The molecule has 5 nitrogen and oxygen atoms in total. The highest BCUT2D eigenvalue weighted by Crippen LogP contribution is 2.27. The van der Waals surface area contributed by atoms with Gasteiger partial charge in [-0.05, 0) is 53.3 Å². The number of nitrogens with zero attached hydrogens (tertiary/aromatic N) is 1. The topological polar surface area (TPSA) is 68.2 Å². The molecule has 0 saturated heterocycles. The molecule has 0 aliphatic heterocycles. The maximum absolute atomic E-state index is 13.1. The molecule has 34 heavy (non-hydrogen) atoms. The van der Waals surface area contributed by atoms with Crippen LogP contribution in [0.2, 0.25) is 5.02 Å². The number of fused-ring (bicyclic) bond motifs is 1. The van der Waals surface area contributed by atoms with Crippen LogP contribution in [0.25, 0.3) is 10.2 Å². The third kappa shape index (κ3) is 5.13. The quantitative estimate of drug-likeness (QED) is 0.338. The molecule has 8 heteroatoms. The van der Waals surface area contributed by atoms with Crippen molar-refractivity contribution in [3.8, 4) is 0 Å². The Kier molecular flexibility index (Phi) is 6.75. The van der Waals surface area contributed by atoms with E-state index < -0.39 is 16.1 Å². The van der Waals surface area contributed by atoms with Gasteiger partial charge in [0.05, 0.1) is 21.7 Å². The van der Waals surface area contributed by atoms with E-state index >= 15 is 0 Å². The largest absolute Gasteiger partial charge is 0.308 e. The number of benzene rings is 3. The second kappa shape index (κ2) is 9.30. The summed E-state index contributed by atoms with van der Waals surface area (Å²) in [6, 6.07) is 19.7. The third-order valence-electron chi connectivity index (χ3n) is 5.84. The van der Waals surface area contributed by atoms with Crippen LogP contribution in [0.5, 0.6) is 0 Å². The zero-order valence-corrected chi connectivity index (χ0v) is 21.9. The average Bonchev–Trinajstić information content (AvgIpc) is 3.09. The van der Waals surface area contributed by atoms with Gasteiger partial charge < -0.3 is 0 Å². The van der Waals surface area contributed by atoms with Crippen molar-refractivity contribution in [3.63, 3.8) is 0 Å². The molecule has 1 heterocycles. The summed E-state index contributed by atoms with van der Waals surface area (Å²) in [6.07, 6.45) is 0. The Morgan fingerprint density at radius 1 is 1.03 bits per heavy atom. The summed E-state index contributed by atoms with van der Waals surface area (Å²) in [4.78, 5) is 12.6. The minimum Gasteiger partial charge on any atom is -0.294 e. The Balaban J connectivity index is 1.59. The monoisotopic (exact) mass is 514 g/mol. The van der Waals surface area contributed by atoms with E-state index in [4.69, 9.17) is 11.6 Å². The maximum Gasteiger partial charge on any atom is 0.308 e. The Hall–Kier alpha value is -2.45. The van der Waals surface area contributed by atoms with Crippen LogP contribution < -0.4 is 9.60 Å². The zero-order chi connectivity index (χ0) is 24.7. The first-order valence-electron chi connectivity index (χ1n) is 11.0. The Bertz CT molecular complexity index is 1500. The lowest BCUT2D eigenvalue weighted by atomic mass is 9.86. The zero-order valence-electron chi connectivity index (χ0n) is 19.5. The first-order chi connectivity index (χ1) is 16.0. The van der Waals surface area contributed by atoms with E-state index in [1.54, 1.807) is 22.8 Å². The molecule has 0 aliphatic carbocycles. The van der Waals surface area contributed by atoms with Crippen LogP contribution in [0.4, 0.5) is 0 Å². The maximum atomic E-state index is 13.1. The van der Waals surface area contributed by atoms with Crippen molar-refractivity contribution in [1.29, 1.82) is 0 Å². The number of aromatic nitrogens is 1. The molecular weight excluding hydrogens is 488 g/mol. The second-order valence-electron chi connectivity index (χ2n) is 9.39. The lowest BCUT2D eigenvalue weighted by molar-refractivity contribution is 0.566. The van der Waals surface area contributed by atoms with E-state index in [-0.39, 0.29) is 15.2 Å². The highest BCUT2D eigenvalue weighted by molar-refractivity contribution is 7.89. The van der Waals surface area contributed by atoms with Gasteiger partial charge in [-0.2, -0.15) is 0 Å². The number of nitrogens with one attached hydrogen (secondary N) is 1. The molecule has 1 aromatic heterocycles. The molecule has 0 fully saturated rings. The first-order valence-corrected chi connectivity index (χ1v) is 13.6. The molecule has 4 rings (SSSR count). The average molecular weight is 515 g/mol. The number of sulfonamides is 1. The molecule has 3 aromatic carbocycles. The van der Waals surface area contributed by atoms with Gasteiger partial charge >= 0.3 is 4.87 Å². The Labute approximate surface area is 209 Å². The Morgan fingerprint density at radius 3 is 2.35 bits per heavy atom. The van der Waals surface area contributed by atoms with Crippen LogP contribution in [0.3, 0.4) is 0 Å². The fourth-order valence-corrected chi connectivity index (χ4v) is 6.26. The number of hydrogen-bond acceptors (Lipinski definition) is 4. The van der Waals surface area contributed by atoms with Gasteiger partial charge in [0.25, 0.3) is 0 Å². The summed E-state index contributed by atoms with van der Waals surface area (Å²) < 4.78 is 31.2. The molecule has 0 radical (unpaired) electrons. The molecule has 1 N–H and O–H groups in total. The molecule has 1 atom stereocenters. The van der Waals surface area contributed by atoms with E-state index in [0.29, 0.717) is 21.8 Å². The fraction of sp³-hybridized carbons (Fsp3) is 0.269.